The first-order chi connectivity index (χ1) is 12.6. The summed E-state index contributed by atoms with van der Waals surface area (Å²) in [5.41, 5.74) is 0.624. The van der Waals surface area contributed by atoms with Gasteiger partial charge in [0.15, 0.2) is 5.69 Å². The molecule has 1 aromatic heterocycles. The molecule has 1 aliphatic rings. The molecule has 1 aromatic carbocycles. The van der Waals surface area contributed by atoms with Crippen molar-refractivity contribution in [2.75, 3.05) is 50.0 Å². The summed E-state index contributed by atoms with van der Waals surface area (Å²) in [6.45, 7) is 5.09. The highest BCUT2D eigenvalue weighted by molar-refractivity contribution is 6.35. The molecule has 9 heteroatoms. The summed E-state index contributed by atoms with van der Waals surface area (Å²) >= 11 is 12.0. The number of carbonyl (C=O) groups is 1. The van der Waals surface area contributed by atoms with Gasteiger partial charge in [-0.3, -0.25) is 9.69 Å². The summed E-state index contributed by atoms with van der Waals surface area (Å²) in [6.07, 6.45) is 0. The maximum absolute atomic E-state index is 12.3. The van der Waals surface area contributed by atoms with E-state index in [4.69, 9.17) is 27.9 Å². The fraction of sp³-hybridized carbons (Fsp3) is 0.353. The Morgan fingerprint density at radius 2 is 1.96 bits per heavy atom. The van der Waals surface area contributed by atoms with Crippen molar-refractivity contribution < 1.29 is 9.53 Å². The summed E-state index contributed by atoms with van der Waals surface area (Å²) in [5, 5.41) is 14.8. The lowest BCUT2D eigenvalue weighted by Gasteiger charge is -2.26. The molecular formula is C17H19Cl2N5O2. The van der Waals surface area contributed by atoms with E-state index < -0.39 is 5.91 Å². The van der Waals surface area contributed by atoms with Crippen molar-refractivity contribution in [1.29, 1.82) is 0 Å². The van der Waals surface area contributed by atoms with E-state index in [0.29, 0.717) is 21.6 Å². The maximum atomic E-state index is 12.3. The fourth-order valence-corrected chi connectivity index (χ4v) is 2.83. The Bertz CT molecular complexity index is 751. The Labute approximate surface area is 161 Å². The minimum Gasteiger partial charge on any atom is -0.379 e. The second kappa shape index (κ2) is 9.14. The molecule has 1 saturated heterocycles. The number of hydrogen-bond donors (Lipinski definition) is 2. The van der Waals surface area contributed by atoms with Crippen LogP contribution in [0.4, 0.5) is 11.5 Å². The smallest absolute Gasteiger partial charge is 0.276 e. The van der Waals surface area contributed by atoms with Crippen LogP contribution in [0.25, 0.3) is 0 Å². The van der Waals surface area contributed by atoms with Crippen molar-refractivity contribution in [2.45, 2.75) is 0 Å². The van der Waals surface area contributed by atoms with Crippen LogP contribution in [0.5, 0.6) is 0 Å². The highest BCUT2D eigenvalue weighted by Crippen LogP contribution is 2.25. The largest absolute Gasteiger partial charge is 0.379 e. The van der Waals surface area contributed by atoms with Gasteiger partial charge in [0.25, 0.3) is 5.91 Å². The van der Waals surface area contributed by atoms with Crippen LogP contribution in [0, 0.1) is 0 Å². The average Bonchev–Trinajstić information content (AvgIpc) is 2.66. The van der Waals surface area contributed by atoms with Gasteiger partial charge in [0.05, 0.1) is 23.9 Å². The molecule has 7 nitrogen and oxygen atoms in total. The summed E-state index contributed by atoms with van der Waals surface area (Å²) < 4.78 is 5.32. The average molecular weight is 396 g/mol. The third-order valence-electron chi connectivity index (χ3n) is 3.91. The number of nitrogens with one attached hydrogen (secondary N) is 2. The minimum absolute atomic E-state index is 0.194. The topological polar surface area (TPSA) is 79.4 Å². The fourth-order valence-electron chi connectivity index (χ4n) is 2.49. The van der Waals surface area contributed by atoms with Crippen molar-refractivity contribution in [3.05, 3.63) is 46.1 Å². The number of aromatic nitrogens is 2. The predicted octanol–water partition coefficient (Wildman–Crippen LogP) is 2.78. The second-order valence-electron chi connectivity index (χ2n) is 5.76. The number of ether oxygens (including phenoxy) is 1. The molecule has 26 heavy (non-hydrogen) atoms. The first-order valence-electron chi connectivity index (χ1n) is 8.26. The van der Waals surface area contributed by atoms with Crippen molar-refractivity contribution in [3.8, 4) is 0 Å². The molecule has 0 spiro atoms. The highest BCUT2D eigenvalue weighted by atomic mass is 35.5. The third kappa shape index (κ3) is 5.28. The van der Waals surface area contributed by atoms with Gasteiger partial charge in [-0.25, -0.2) is 0 Å². The zero-order valence-electron chi connectivity index (χ0n) is 14.0. The molecule has 0 radical (unpaired) electrons. The van der Waals surface area contributed by atoms with E-state index in [1.54, 1.807) is 30.3 Å². The quantitative estimate of drug-likeness (QED) is 0.782. The summed E-state index contributed by atoms with van der Waals surface area (Å²) in [6, 6.07) is 8.18. The molecule has 0 bridgehead atoms. The van der Waals surface area contributed by atoms with Crippen LogP contribution in [0.3, 0.4) is 0 Å². The Morgan fingerprint density at radius 3 is 2.69 bits per heavy atom. The van der Waals surface area contributed by atoms with Gasteiger partial charge in [-0.05, 0) is 30.3 Å². The standard InChI is InChI=1S/C17H19Cl2N5O2/c18-12-1-2-13(19)15(11-12)21-17(25)14-3-4-16(23-22-14)20-5-6-24-7-9-26-10-8-24/h1-4,11H,5-10H2,(H,20,23)(H,21,25). The number of rotatable bonds is 6. The van der Waals surface area contributed by atoms with E-state index in [1.165, 1.54) is 0 Å². The van der Waals surface area contributed by atoms with E-state index in [2.05, 4.69) is 25.7 Å². The minimum atomic E-state index is -0.401. The van der Waals surface area contributed by atoms with E-state index in [-0.39, 0.29) is 5.69 Å². The van der Waals surface area contributed by atoms with Gasteiger partial charge >= 0.3 is 0 Å². The van der Waals surface area contributed by atoms with E-state index in [1.807, 2.05) is 0 Å². The van der Waals surface area contributed by atoms with Crippen LogP contribution in [0.1, 0.15) is 10.5 Å². The third-order valence-corrected chi connectivity index (χ3v) is 4.48. The maximum Gasteiger partial charge on any atom is 0.276 e. The van der Waals surface area contributed by atoms with Gasteiger partial charge in [0.1, 0.15) is 5.82 Å². The molecule has 0 unspecified atom stereocenters. The van der Waals surface area contributed by atoms with Gasteiger partial charge < -0.3 is 15.4 Å². The van der Waals surface area contributed by atoms with E-state index in [9.17, 15) is 4.79 Å². The normalized spacial score (nSPS) is 14.8. The summed E-state index contributed by atoms with van der Waals surface area (Å²) in [5.74, 6) is 0.220. The van der Waals surface area contributed by atoms with Crippen LogP contribution in [-0.4, -0.2) is 60.4 Å². The van der Waals surface area contributed by atoms with Crippen LogP contribution < -0.4 is 10.6 Å². The van der Waals surface area contributed by atoms with Crippen molar-refractivity contribution in [2.24, 2.45) is 0 Å². The SMILES string of the molecule is O=C(Nc1cc(Cl)ccc1Cl)c1ccc(NCCN2CCOCC2)nn1. The van der Waals surface area contributed by atoms with E-state index in [0.717, 1.165) is 39.4 Å². The number of benzene rings is 1. The van der Waals surface area contributed by atoms with Gasteiger partial charge in [-0.15, -0.1) is 10.2 Å². The Kier molecular flexibility index (Phi) is 6.62. The van der Waals surface area contributed by atoms with Gasteiger partial charge in [-0.2, -0.15) is 0 Å². The van der Waals surface area contributed by atoms with Crippen LogP contribution in [0.2, 0.25) is 10.0 Å². The molecule has 2 heterocycles. The second-order valence-corrected chi connectivity index (χ2v) is 6.61. The molecule has 0 aliphatic carbocycles. The number of amides is 1. The number of morpholine rings is 1. The molecule has 3 rings (SSSR count). The number of anilines is 2. The number of halogens is 2. The van der Waals surface area contributed by atoms with Crippen molar-refractivity contribution >= 4 is 40.6 Å². The van der Waals surface area contributed by atoms with Crippen LogP contribution >= 0.6 is 23.2 Å². The number of carbonyl (C=O) groups excluding carboxylic acids is 1. The van der Waals surface area contributed by atoms with Crippen molar-refractivity contribution in [1.82, 2.24) is 15.1 Å². The monoisotopic (exact) mass is 395 g/mol. The highest BCUT2D eigenvalue weighted by Gasteiger charge is 2.12. The Hall–Kier alpha value is -1.93. The molecule has 2 N–H and O–H groups in total. The Balaban J connectivity index is 1.51. The molecule has 1 fully saturated rings. The zero-order valence-corrected chi connectivity index (χ0v) is 15.6. The van der Waals surface area contributed by atoms with Gasteiger partial charge in [0.2, 0.25) is 0 Å². The lowest BCUT2D eigenvalue weighted by molar-refractivity contribution is 0.0398. The first kappa shape index (κ1) is 18.8. The van der Waals surface area contributed by atoms with Gasteiger partial charge in [0, 0.05) is 31.2 Å². The Morgan fingerprint density at radius 1 is 1.15 bits per heavy atom. The molecule has 1 aliphatic heterocycles. The summed E-state index contributed by atoms with van der Waals surface area (Å²) in [4.78, 5) is 14.6. The lowest BCUT2D eigenvalue weighted by Crippen LogP contribution is -2.39. The predicted molar refractivity (Wildman–Crippen MR) is 102 cm³/mol. The molecule has 0 atom stereocenters. The number of nitrogens with zero attached hydrogens (tertiary/aromatic N) is 3. The van der Waals surface area contributed by atoms with Crippen molar-refractivity contribution in [3.63, 3.8) is 0 Å². The zero-order chi connectivity index (χ0) is 18.4. The first-order valence-corrected chi connectivity index (χ1v) is 9.01. The lowest BCUT2D eigenvalue weighted by atomic mass is 10.3. The summed E-state index contributed by atoms with van der Waals surface area (Å²) in [7, 11) is 0. The van der Waals surface area contributed by atoms with E-state index >= 15 is 0 Å². The molecule has 0 saturated carbocycles. The molecular weight excluding hydrogens is 377 g/mol. The number of hydrogen-bond acceptors (Lipinski definition) is 6. The van der Waals surface area contributed by atoms with Gasteiger partial charge in [-0.1, -0.05) is 23.2 Å². The van der Waals surface area contributed by atoms with Crippen LogP contribution in [-0.2, 0) is 4.74 Å². The molecule has 138 valence electrons. The van der Waals surface area contributed by atoms with Crippen LogP contribution in [0.15, 0.2) is 30.3 Å². The molecule has 2 aromatic rings. The molecule has 1 amide bonds.